The van der Waals surface area contributed by atoms with Crippen molar-refractivity contribution < 1.29 is 15.0 Å². The first kappa shape index (κ1) is 7.28. The van der Waals surface area contributed by atoms with E-state index in [9.17, 15) is 9.90 Å². The van der Waals surface area contributed by atoms with E-state index < -0.39 is 11.6 Å². The van der Waals surface area contributed by atoms with Gasteiger partial charge in [0.15, 0.2) is 0 Å². The summed E-state index contributed by atoms with van der Waals surface area (Å²) in [5, 5.41) is 12.9. The number of carboxylic acids is 1. The molecular formula is C7H12O3. The highest BCUT2D eigenvalue weighted by Crippen LogP contribution is 2.11. The van der Waals surface area contributed by atoms with E-state index in [1.165, 1.54) is 13.0 Å². The van der Waals surface area contributed by atoms with Crippen LogP contribution in [0.3, 0.4) is 0 Å². The van der Waals surface area contributed by atoms with Gasteiger partial charge in [-0.2, -0.15) is 0 Å². The smallest absolute Gasteiger partial charge is 0.303 e. The Morgan fingerprint density at radius 1 is 2.00 bits per heavy atom. The molecule has 0 radical (unpaired) electrons. The van der Waals surface area contributed by atoms with Crippen molar-refractivity contribution in [1.82, 2.24) is 0 Å². The van der Waals surface area contributed by atoms with Crippen LogP contribution >= 0.6 is 0 Å². The standard InChI is InChI=1S/C7H12O3/c1-3-7(2,10)5-4-6(8)9/h3,10H,1,4-5H2,2H3,(H,8,9)/i/hD. The summed E-state index contributed by atoms with van der Waals surface area (Å²) >= 11 is 0. The molecule has 0 aromatic carbocycles. The first-order valence-corrected chi connectivity index (χ1v) is 3.04. The van der Waals surface area contributed by atoms with E-state index in [4.69, 9.17) is 1.43 Å². The van der Waals surface area contributed by atoms with Gasteiger partial charge < -0.3 is 10.2 Å². The second kappa shape index (κ2) is 3.37. The van der Waals surface area contributed by atoms with Crippen molar-refractivity contribution in [2.24, 2.45) is 0 Å². The maximum absolute atomic E-state index is 10.4. The third-order valence-electron chi connectivity index (χ3n) is 1.28. The van der Waals surface area contributed by atoms with Crippen LogP contribution < -0.4 is 0 Å². The Balaban J connectivity index is 3.69. The normalized spacial score (nSPS) is 16.8. The minimum absolute atomic E-state index is 0.0303. The van der Waals surface area contributed by atoms with Gasteiger partial charge in [-0.15, -0.1) is 6.58 Å². The predicted molar refractivity (Wildman–Crippen MR) is 37.7 cm³/mol. The molecule has 0 aliphatic heterocycles. The molecule has 0 aromatic heterocycles. The van der Waals surface area contributed by atoms with Crippen molar-refractivity contribution in [3.63, 3.8) is 0 Å². The average molecular weight is 145 g/mol. The van der Waals surface area contributed by atoms with Gasteiger partial charge >= 0.3 is 5.97 Å². The fraction of sp³-hybridized carbons (Fsp3) is 0.571. The summed E-state index contributed by atoms with van der Waals surface area (Å²) in [6, 6.07) is 0. The molecule has 0 bridgehead atoms. The van der Waals surface area contributed by atoms with Crippen LogP contribution in [0.2, 0.25) is 0 Å². The number of carbonyl (C=O) groups is 1. The molecule has 0 heterocycles. The molecule has 2 N–H and O–H groups in total. The lowest BCUT2D eigenvalue weighted by Gasteiger charge is -2.15. The molecule has 0 spiro atoms. The lowest BCUT2D eigenvalue weighted by atomic mass is 10.0. The molecule has 58 valence electrons. The molecule has 3 heteroatoms. The second-order valence-corrected chi connectivity index (χ2v) is 2.43. The Labute approximate surface area is 61.5 Å². The molecule has 1 unspecified atom stereocenters. The van der Waals surface area contributed by atoms with Gasteiger partial charge in [-0.25, -0.2) is 0 Å². The van der Waals surface area contributed by atoms with Crippen molar-refractivity contribution >= 4 is 5.97 Å². The summed E-state index contributed by atoms with van der Waals surface area (Å²) in [6.07, 6.45) is 1.61. The molecule has 0 fully saturated rings. The SMILES string of the molecule is [2H]OC(=O)CCC(C)(O)C=C. The van der Waals surface area contributed by atoms with E-state index in [1.54, 1.807) is 0 Å². The van der Waals surface area contributed by atoms with Crippen molar-refractivity contribution in [2.45, 2.75) is 25.4 Å². The van der Waals surface area contributed by atoms with E-state index in [-0.39, 0.29) is 12.8 Å². The van der Waals surface area contributed by atoms with Crippen LogP contribution in [0, 0.1) is 0 Å². The van der Waals surface area contributed by atoms with E-state index in [2.05, 4.69) is 11.7 Å². The number of rotatable bonds is 4. The summed E-state index contributed by atoms with van der Waals surface area (Å²) in [5.74, 6) is -0.646. The molecule has 0 amide bonds. The Morgan fingerprint density at radius 3 is 3.00 bits per heavy atom. The first-order chi connectivity index (χ1) is 5.02. The molecule has 1 atom stereocenters. The average Bonchev–Trinajstić information content (AvgIpc) is 2.00. The lowest BCUT2D eigenvalue weighted by molar-refractivity contribution is -0.138. The van der Waals surface area contributed by atoms with Gasteiger partial charge in [0.1, 0.15) is 0 Å². The van der Waals surface area contributed by atoms with Gasteiger partial charge in [-0.05, 0) is 13.3 Å². The molecule has 0 saturated heterocycles. The summed E-state index contributed by atoms with van der Waals surface area (Å²) in [7, 11) is 0. The fourth-order valence-electron chi connectivity index (χ4n) is 0.457. The summed E-state index contributed by atoms with van der Waals surface area (Å²) < 4.78 is 6.22. The second-order valence-electron chi connectivity index (χ2n) is 2.43. The van der Waals surface area contributed by atoms with Crippen LogP contribution in [0.4, 0.5) is 0 Å². The summed E-state index contributed by atoms with van der Waals surface area (Å²) in [4.78, 5) is 10.4. The van der Waals surface area contributed by atoms with Crippen molar-refractivity contribution in [1.29, 1.82) is 1.43 Å². The Morgan fingerprint density at radius 2 is 2.60 bits per heavy atom. The summed E-state index contributed by atoms with van der Waals surface area (Å²) in [6.45, 7) is 4.93. The van der Waals surface area contributed by atoms with Crippen LogP contribution in [-0.2, 0) is 4.79 Å². The third-order valence-corrected chi connectivity index (χ3v) is 1.28. The van der Waals surface area contributed by atoms with Gasteiger partial charge in [-0.3, -0.25) is 4.79 Å². The number of hydrogen-bond donors (Lipinski definition) is 2. The number of aliphatic carboxylic acids is 1. The minimum Gasteiger partial charge on any atom is -0.481 e. The molecule has 0 rings (SSSR count). The molecule has 0 aromatic rings. The molecular weight excluding hydrogens is 132 g/mol. The number of aliphatic hydroxyl groups is 1. The van der Waals surface area contributed by atoms with Crippen LogP contribution in [0.1, 0.15) is 19.8 Å². The van der Waals surface area contributed by atoms with Crippen molar-refractivity contribution in [2.75, 3.05) is 0 Å². The number of hydrogen-bond acceptors (Lipinski definition) is 3. The van der Waals surface area contributed by atoms with Crippen molar-refractivity contribution in [3.05, 3.63) is 12.7 Å². The minimum atomic E-state index is -1.05. The zero-order valence-corrected chi connectivity index (χ0v) is 5.96. The first-order valence-electron chi connectivity index (χ1n) is 3.44. The van der Waals surface area contributed by atoms with Crippen molar-refractivity contribution in [3.8, 4) is 0 Å². The molecule has 0 aliphatic rings. The van der Waals surface area contributed by atoms with E-state index in [0.717, 1.165) is 0 Å². The topological polar surface area (TPSA) is 57.5 Å². The van der Waals surface area contributed by atoms with Gasteiger partial charge in [-0.1, -0.05) is 6.08 Å². The fourth-order valence-corrected chi connectivity index (χ4v) is 0.457. The molecule has 0 saturated carbocycles. The quantitative estimate of drug-likeness (QED) is 0.575. The third kappa shape index (κ3) is 4.09. The van der Waals surface area contributed by atoms with Gasteiger partial charge in [0.05, 0.1) is 5.60 Å². The zero-order chi connectivity index (χ0) is 8.91. The lowest BCUT2D eigenvalue weighted by Crippen LogP contribution is -2.21. The highest BCUT2D eigenvalue weighted by atomic mass is 16.4. The number of carboxylic acid groups (broad SMARTS) is 1. The highest BCUT2D eigenvalue weighted by molar-refractivity contribution is 5.66. The maximum Gasteiger partial charge on any atom is 0.303 e. The van der Waals surface area contributed by atoms with Gasteiger partial charge in [0.25, 0.3) is 1.43 Å². The zero-order valence-electron chi connectivity index (χ0n) is 6.96. The molecule has 3 nitrogen and oxygen atoms in total. The maximum atomic E-state index is 10.4. The van der Waals surface area contributed by atoms with E-state index in [0.29, 0.717) is 0 Å². The Bertz CT molecular complexity index is 154. The summed E-state index contributed by atoms with van der Waals surface area (Å²) in [5.41, 5.74) is -1.05. The van der Waals surface area contributed by atoms with Gasteiger partial charge in [0, 0.05) is 6.42 Å². The molecule has 0 aliphatic carbocycles. The van der Waals surface area contributed by atoms with Gasteiger partial charge in [0.2, 0.25) is 0 Å². The van der Waals surface area contributed by atoms with Crippen LogP contribution in [0.5, 0.6) is 0 Å². The predicted octanol–water partition coefficient (Wildman–Crippen LogP) is 0.788. The van der Waals surface area contributed by atoms with E-state index in [1.807, 2.05) is 0 Å². The largest absolute Gasteiger partial charge is 0.481 e. The highest BCUT2D eigenvalue weighted by Gasteiger charge is 2.16. The molecule has 10 heavy (non-hydrogen) atoms. The Hall–Kier alpha value is -0.830. The van der Waals surface area contributed by atoms with Crippen LogP contribution in [0.25, 0.3) is 1.43 Å². The monoisotopic (exact) mass is 145 g/mol. The van der Waals surface area contributed by atoms with Crippen LogP contribution in [-0.4, -0.2) is 21.8 Å². The van der Waals surface area contributed by atoms with Crippen LogP contribution in [0.15, 0.2) is 12.7 Å². The Kier molecular flexibility index (Phi) is 2.45. The van der Waals surface area contributed by atoms with E-state index >= 15 is 0 Å².